The molecule has 0 spiro atoms. The van der Waals surface area contributed by atoms with Crippen molar-refractivity contribution in [1.82, 2.24) is 0 Å². The number of allylic oxidation sites excluding steroid dienone is 1. The van der Waals surface area contributed by atoms with Crippen LogP contribution in [-0.4, -0.2) is 6.61 Å². The lowest BCUT2D eigenvalue weighted by molar-refractivity contribution is 0.233. The average molecular weight is 141 g/mol. The molecule has 0 atom stereocenters. The van der Waals surface area contributed by atoms with Gasteiger partial charge >= 0.3 is 0 Å². The third kappa shape index (κ3) is 7.70. The zero-order valence-electron chi connectivity index (χ0n) is 6.64. The molecule has 0 amide bonds. The number of unbranched alkanes of at least 4 members (excludes halogenated alkanes) is 4. The summed E-state index contributed by atoms with van der Waals surface area (Å²) in [6.07, 6.45) is 8.06. The van der Waals surface area contributed by atoms with Crippen LogP contribution in [0.4, 0.5) is 0 Å². The van der Waals surface area contributed by atoms with Crippen LogP contribution in [-0.2, 0) is 4.74 Å². The molecule has 0 aromatic heterocycles. The molecule has 1 heteroatoms. The predicted molar refractivity (Wildman–Crippen MR) is 44.6 cm³/mol. The zero-order chi connectivity index (χ0) is 7.66. The van der Waals surface area contributed by atoms with Crippen LogP contribution >= 0.6 is 0 Å². The molecular weight excluding hydrogens is 124 g/mol. The largest absolute Gasteiger partial charge is 0.379 e. The molecule has 0 fully saturated rings. The highest BCUT2D eigenvalue weighted by molar-refractivity contribution is 4.65. The predicted octanol–water partition coefficient (Wildman–Crippen LogP) is 2.93. The Morgan fingerprint density at radius 1 is 1.10 bits per heavy atom. The Bertz CT molecular complexity index is 69.1. The maximum absolute atomic E-state index is 4.68. The third-order valence-electron chi connectivity index (χ3n) is 1.45. The summed E-state index contributed by atoms with van der Waals surface area (Å²) in [6, 6.07) is 0. The molecule has 0 N–H and O–H groups in total. The van der Waals surface area contributed by atoms with Gasteiger partial charge in [-0.25, -0.2) is 0 Å². The molecule has 0 saturated heterocycles. The SMILES string of the molecule is [CH2]OCCCCCCC=C. The maximum Gasteiger partial charge on any atom is 0.0700 e. The van der Waals surface area contributed by atoms with E-state index in [4.69, 9.17) is 0 Å². The van der Waals surface area contributed by atoms with Gasteiger partial charge in [-0.3, -0.25) is 0 Å². The number of hydrogen-bond acceptors (Lipinski definition) is 1. The summed E-state index contributed by atoms with van der Waals surface area (Å²) in [5.41, 5.74) is 0. The summed E-state index contributed by atoms with van der Waals surface area (Å²) in [5.74, 6) is 0. The highest BCUT2D eigenvalue weighted by Gasteiger charge is 1.86. The molecule has 0 rings (SSSR count). The van der Waals surface area contributed by atoms with Crippen molar-refractivity contribution in [3.63, 3.8) is 0 Å². The molecule has 0 aromatic carbocycles. The van der Waals surface area contributed by atoms with Gasteiger partial charge in [0, 0.05) is 6.61 Å². The van der Waals surface area contributed by atoms with E-state index >= 15 is 0 Å². The summed E-state index contributed by atoms with van der Waals surface area (Å²) < 4.78 is 4.68. The van der Waals surface area contributed by atoms with Crippen molar-refractivity contribution in [3.05, 3.63) is 19.8 Å². The average Bonchev–Trinajstić information content (AvgIpc) is 1.97. The minimum Gasteiger partial charge on any atom is -0.379 e. The Labute approximate surface area is 64.1 Å². The van der Waals surface area contributed by atoms with Crippen LogP contribution in [0.2, 0.25) is 0 Å². The van der Waals surface area contributed by atoms with Crippen LogP contribution in [0.15, 0.2) is 12.7 Å². The molecule has 0 saturated carbocycles. The number of ether oxygens (including phenoxy) is 1. The smallest absolute Gasteiger partial charge is 0.0700 e. The zero-order valence-corrected chi connectivity index (χ0v) is 6.64. The van der Waals surface area contributed by atoms with Gasteiger partial charge in [-0.2, -0.15) is 0 Å². The van der Waals surface area contributed by atoms with E-state index in [9.17, 15) is 0 Å². The van der Waals surface area contributed by atoms with E-state index in [1.54, 1.807) is 0 Å². The van der Waals surface area contributed by atoms with Gasteiger partial charge in [0.1, 0.15) is 0 Å². The van der Waals surface area contributed by atoms with Gasteiger partial charge < -0.3 is 4.74 Å². The second kappa shape index (κ2) is 8.70. The molecule has 0 aliphatic rings. The fourth-order valence-corrected chi connectivity index (χ4v) is 0.846. The molecule has 1 nitrogen and oxygen atoms in total. The van der Waals surface area contributed by atoms with Crippen LogP contribution < -0.4 is 0 Å². The van der Waals surface area contributed by atoms with Crippen molar-refractivity contribution in [1.29, 1.82) is 0 Å². The molecule has 59 valence electrons. The minimum atomic E-state index is 0.800. The second-order valence-electron chi connectivity index (χ2n) is 2.40. The van der Waals surface area contributed by atoms with E-state index in [0.717, 1.165) is 19.4 Å². The van der Waals surface area contributed by atoms with Crippen molar-refractivity contribution in [3.8, 4) is 0 Å². The topological polar surface area (TPSA) is 9.23 Å². The molecule has 0 unspecified atom stereocenters. The Hall–Kier alpha value is -0.300. The van der Waals surface area contributed by atoms with Gasteiger partial charge in [0.25, 0.3) is 0 Å². The Balaban J connectivity index is 2.70. The van der Waals surface area contributed by atoms with Gasteiger partial charge in [0.15, 0.2) is 0 Å². The third-order valence-corrected chi connectivity index (χ3v) is 1.45. The molecule has 0 aliphatic carbocycles. The van der Waals surface area contributed by atoms with Crippen LogP contribution in [0.5, 0.6) is 0 Å². The summed E-state index contributed by atoms with van der Waals surface area (Å²) in [4.78, 5) is 0. The van der Waals surface area contributed by atoms with Crippen LogP contribution in [0.25, 0.3) is 0 Å². The molecule has 0 aromatic rings. The monoisotopic (exact) mass is 141 g/mol. The Kier molecular flexibility index (Phi) is 8.44. The van der Waals surface area contributed by atoms with E-state index < -0.39 is 0 Å². The van der Waals surface area contributed by atoms with Crippen molar-refractivity contribution in [2.45, 2.75) is 32.1 Å². The molecule has 0 aliphatic heterocycles. The van der Waals surface area contributed by atoms with Gasteiger partial charge in [-0.05, 0) is 19.3 Å². The Morgan fingerprint density at radius 3 is 2.40 bits per heavy atom. The maximum atomic E-state index is 4.68. The number of rotatable bonds is 7. The molecular formula is C9H17O. The van der Waals surface area contributed by atoms with Crippen molar-refractivity contribution in [2.24, 2.45) is 0 Å². The van der Waals surface area contributed by atoms with Crippen molar-refractivity contribution in [2.75, 3.05) is 6.61 Å². The lowest BCUT2D eigenvalue weighted by Gasteiger charge is -1.97. The summed E-state index contributed by atoms with van der Waals surface area (Å²) >= 11 is 0. The highest BCUT2D eigenvalue weighted by atomic mass is 16.5. The van der Waals surface area contributed by atoms with Crippen LogP contribution in [0, 0.1) is 7.11 Å². The molecule has 0 bridgehead atoms. The molecule has 0 heterocycles. The van der Waals surface area contributed by atoms with E-state index in [-0.39, 0.29) is 0 Å². The summed E-state index contributed by atoms with van der Waals surface area (Å²) in [7, 11) is 3.30. The lowest BCUT2D eigenvalue weighted by atomic mass is 10.1. The molecule has 1 radical (unpaired) electrons. The summed E-state index contributed by atoms with van der Waals surface area (Å²) in [6.45, 7) is 4.46. The first-order valence-corrected chi connectivity index (χ1v) is 3.89. The number of hydrogen-bond donors (Lipinski definition) is 0. The summed E-state index contributed by atoms with van der Waals surface area (Å²) in [5, 5.41) is 0. The van der Waals surface area contributed by atoms with Gasteiger partial charge in [-0.15, -0.1) is 6.58 Å². The van der Waals surface area contributed by atoms with Gasteiger partial charge in [0.05, 0.1) is 7.11 Å². The van der Waals surface area contributed by atoms with E-state index in [1.165, 1.54) is 19.3 Å². The normalized spacial score (nSPS) is 9.70. The van der Waals surface area contributed by atoms with Gasteiger partial charge in [-0.1, -0.05) is 18.9 Å². The van der Waals surface area contributed by atoms with E-state index in [1.807, 2.05) is 6.08 Å². The van der Waals surface area contributed by atoms with E-state index in [0.29, 0.717) is 0 Å². The fourth-order valence-electron chi connectivity index (χ4n) is 0.846. The first-order valence-electron chi connectivity index (χ1n) is 3.89. The van der Waals surface area contributed by atoms with Gasteiger partial charge in [0.2, 0.25) is 0 Å². The second-order valence-corrected chi connectivity index (χ2v) is 2.40. The van der Waals surface area contributed by atoms with Crippen LogP contribution in [0.3, 0.4) is 0 Å². The Morgan fingerprint density at radius 2 is 1.80 bits per heavy atom. The first kappa shape index (κ1) is 9.70. The van der Waals surface area contributed by atoms with Crippen LogP contribution in [0.1, 0.15) is 32.1 Å². The lowest BCUT2D eigenvalue weighted by Crippen LogP contribution is -1.85. The van der Waals surface area contributed by atoms with Crippen molar-refractivity contribution >= 4 is 0 Å². The first-order chi connectivity index (χ1) is 4.91. The minimum absolute atomic E-state index is 0.800. The van der Waals surface area contributed by atoms with Crippen molar-refractivity contribution < 1.29 is 4.74 Å². The quantitative estimate of drug-likeness (QED) is 0.391. The highest BCUT2D eigenvalue weighted by Crippen LogP contribution is 2.02. The van der Waals surface area contributed by atoms with E-state index in [2.05, 4.69) is 18.4 Å². The molecule has 10 heavy (non-hydrogen) atoms. The standard InChI is InChI=1S/C9H17O/c1-3-4-5-6-7-8-9-10-2/h3H,1-2,4-9H2. The fraction of sp³-hybridized carbons (Fsp3) is 0.667.